The number of hydrogen-bond donors (Lipinski definition) is 1. The van der Waals surface area contributed by atoms with Gasteiger partial charge in [-0.15, -0.1) is 0 Å². The first-order valence-corrected chi connectivity index (χ1v) is 5.81. The summed E-state index contributed by atoms with van der Waals surface area (Å²) in [5.41, 5.74) is 7.92. The molecule has 0 spiro atoms. The van der Waals surface area contributed by atoms with Gasteiger partial charge in [0.15, 0.2) is 11.5 Å². The lowest BCUT2D eigenvalue weighted by Crippen LogP contribution is -2.17. The summed E-state index contributed by atoms with van der Waals surface area (Å²) >= 11 is 3.49. The first-order valence-electron chi connectivity index (χ1n) is 5.01. The van der Waals surface area contributed by atoms with Gasteiger partial charge in [-0.05, 0) is 53.0 Å². The van der Waals surface area contributed by atoms with Crippen LogP contribution >= 0.6 is 15.9 Å². The molecule has 0 radical (unpaired) electrons. The van der Waals surface area contributed by atoms with Gasteiger partial charge in [0.1, 0.15) is 13.2 Å². The van der Waals surface area contributed by atoms with E-state index in [1.165, 1.54) is 5.56 Å². The quantitative estimate of drug-likeness (QED) is 0.895. The Kier molecular flexibility index (Phi) is 3.17. The van der Waals surface area contributed by atoms with E-state index >= 15 is 0 Å². The molecule has 1 aromatic rings. The number of halogens is 1. The van der Waals surface area contributed by atoms with Gasteiger partial charge < -0.3 is 15.2 Å². The van der Waals surface area contributed by atoms with E-state index in [9.17, 15) is 0 Å². The zero-order valence-electron chi connectivity index (χ0n) is 8.68. The highest BCUT2D eigenvalue weighted by Gasteiger charge is 2.19. The van der Waals surface area contributed by atoms with Crippen molar-refractivity contribution in [3.05, 3.63) is 21.7 Å². The van der Waals surface area contributed by atoms with Gasteiger partial charge in [-0.3, -0.25) is 0 Å². The second-order valence-corrected chi connectivity index (χ2v) is 4.39. The van der Waals surface area contributed by atoms with Crippen molar-refractivity contribution in [2.24, 2.45) is 5.73 Å². The van der Waals surface area contributed by atoms with Crippen LogP contribution in [-0.2, 0) is 6.42 Å². The molecule has 0 amide bonds. The van der Waals surface area contributed by atoms with E-state index < -0.39 is 0 Å². The highest BCUT2D eigenvalue weighted by Crippen LogP contribution is 2.41. The van der Waals surface area contributed by atoms with Crippen LogP contribution in [0, 0.1) is 6.92 Å². The fourth-order valence-corrected chi connectivity index (χ4v) is 2.33. The largest absolute Gasteiger partial charge is 0.486 e. The molecule has 0 saturated carbocycles. The highest BCUT2D eigenvalue weighted by atomic mass is 79.9. The van der Waals surface area contributed by atoms with Gasteiger partial charge in [0, 0.05) is 0 Å². The summed E-state index contributed by atoms with van der Waals surface area (Å²) < 4.78 is 12.1. The van der Waals surface area contributed by atoms with E-state index in [1.807, 2.05) is 6.92 Å². The van der Waals surface area contributed by atoms with Crippen molar-refractivity contribution in [3.8, 4) is 11.5 Å². The smallest absolute Gasteiger partial charge is 0.175 e. The summed E-state index contributed by atoms with van der Waals surface area (Å²) in [5.74, 6) is 1.68. The monoisotopic (exact) mass is 271 g/mol. The van der Waals surface area contributed by atoms with Crippen LogP contribution in [0.4, 0.5) is 0 Å². The zero-order chi connectivity index (χ0) is 10.8. The van der Waals surface area contributed by atoms with E-state index in [-0.39, 0.29) is 0 Å². The third kappa shape index (κ3) is 1.96. The van der Waals surface area contributed by atoms with Crippen molar-refractivity contribution in [2.75, 3.05) is 19.8 Å². The molecule has 1 aromatic carbocycles. The molecule has 0 aromatic heterocycles. The molecule has 0 saturated heterocycles. The standard InChI is InChI=1S/C11H14BrNO2/c1-7-8(2-3-13)6-9(12)11-10(7)14-4-5-15-11/h6H,2-5,13H2,1H3. The first kappa shape index (κ1) is 10.8. The fourth-order valence-electron chi connectivity index (χ4n) is 1.76. The maximum absolute atomic E-state index is 5.63. The molecule has 0 unspecified atom stereocenters. The Hall–Kier alpha value is -0.740. The van der Waals surface area contributed by atoms with Crippen LogP contribution in [-0.4, -0.2) is 19.8 Å². The van der Waals surface area contributed by atoms with Crippen molar-refractivity contribution in [1.29, 1.82) is 0 Å². The molecule has 0 aliphatic carbocycles. The molecule has 3 nitrogen and oxygen atoms in total. The molecule has 0 bridgehead atoms. The molecule has 1 aliphatic heterocycles. The highest BCUT2D eigenvalue weighted by molar-refractivity contribution is 9.10. The van der Waals surface area contributed by atoms with Crippen molar-refractivity contribution >= 4 is 15.9 Å². The molecule has 1 heterocycles. The molecule has 0 fully saturated rings. The van der Waals surface area contributed by atoms with Gasteiger partial charge in [0.05, 0.1) is 4.47 Å². The summed E-state index contributed by atoms with van der Waals surface area (Å²) in [6, 6.07) is 2.07. The first-order chi connectivity index (χ1) is 7.24. The van der Waals surface area contributed by atoms with E-state index in [0.29, 0.717) is 19.8 Å². The third-order valence-corrected chi connectivity index (χ3v) is 3.13. The van der Waals surface area contributed by atoms with Crippen molar-refractivity contribution in [1.82, 2.24) is 0 Å². The number of hydrogen-bond acceptors (Lipinski definition) is 3. The Labute approximate surface area is 97.7 Å². The molecular formula is C11H14BrNO2. The predicted octanol–water partition coefficient (Wildman–Crippen LogP) is 2.03. The van der Waals surface area contributed by atoms with Gasteiger partial charge in [-0.2, -0.15) is 0 Å². The van der Waals surface area contributed by atoms with Gasteiger partial charge in [0.25, 0.3) is 0 Å². The minimum Gasteiger partial charge on any atom is -0.486 e. The molecule has 4 heteroatoms. The minimum absolute atomic E-state index is 0.612. The topological polar surface area (TPSA) is 44.5 Å². The number of rotatable bonds is 2. The Balaban J connectivity index is 2.49. The number of fused-ring (bicyclic) bond motifs is 1. The molecular weight excluding hydrogens is 258 g/mol. The molecule has 15 heavy (non-hydrogen) atoms. The molecule has 2 N–H and O–H groups in total. The predicted molar refractivity (Wildman–Crippen MR) is 62.6 cm³/mol. The average molecular weight is 272 g/mol. The molecule has 82 valence electrons. The Morgan fingerprint density at radius 3 is 2.67 bits per heavy atom. The molecule has 2 rings (SSSR count). The third-order valence-electron chi connectivity index (χ3n) is 2.54. The minimum atomic E-state index is 0.612. The Morgan fingerprint density at radius 2 is 2.00 bits per heavy atom. The van der Waals surface area contributed by atoms with Gasteiger partial charge in [-0.25, -0.2) is 0 Å². The van der Waals surface area contributed by atoms with Crippen LogP contribution in [0.5, 0.6) is 11.5 Å². The summed E-state index contributed by atoms with van der Waals surface area (Å²) in [6.45, 7) is 3.92. The maximum Gasteiger partial charge on any atom is 0.175 e. The van der Waals surface area contributed by atoms with Crippen LogP contribution in [0.3, 0.4) is 0 Å². The van der Waals surface area contributed by atoms with Crippen LogP contribution in [0.2, 0.25) is 0 Å². The van der Waals surface area contributed by atoms with Gasteiger partial charge in [-0.1, -0.05) is 0 Å². The summed E-state index contributed by atoms with van der Waals surface area (Å²) in [7, 11) is 0. The average Bonchev–Trinajstić information content (AvgIpc) is 2.26. The number of ether oxygens (including phenoxy) is 2. The van der Waals surface area contributed by atoms with Gasteiger partial charge >= 0.3 is 0 Å². The van der Waals surface area contributed by atoms with Crippen LogP contribution in [0.25, 0.3) is 0 Å². The van der Waals surface area contributed by atoms with Crippen molar-refractivity contribution < 1.29 is 9.47 Å². The molecule has 0 atom stereocenters. The number of nitrogens with two attached hydrogens (primary N) is 1. The van der Waals surface area contributed by atoms with Crippen molar-refractivity contribution in [2.45, 2.75) is 13.3 Å². The lowest BCUT2D eigenvalue weighted by Gasteiger charge is -2.23. The van der Waals surface area contributed by atoms with E-state index in [4.69, 9.17) is 15.2 Å². The normalized spacial score (nSPS) is 14.1. The summed E-state index contributed by atoms with van der Waals surface area (Å²) in [5, 5.41) is 0. The van der Waals surface area contributed by atoms with E-state index in [2.05, 4.69) is 22.0 Å². The van der Waals surface area contributed by atoms with Crippen LogP contribution in [0.1, 0.15) is 11.1 Å². The summed E-state index contributed by atoms with van der Waals surface area (Å²) in [6.07, 6.45) is 0.862. The lowest BCUT2D eigenvalue weighted by molar-refractivity contribution is 0.169. The fraction of sp³-hybridized carbons (Fsp3) is 0.455. The van der Waals surface area contributed by atoms with Gasteiger partial charge in [0.2, 0.25) is 0 Å². The van der Waals surface area contributed by atoms with E-state index in [0.717, 1.165) is 28.0 Å². The zero-order valence-corrected chi connectivity index (χ0v) is 10.3. The van der Waals surface area contributed by atoms with Crippen molar-refractivity contribution in [3.63, 3.8) is 0 Å². The number of benzene rings is 1. The Bertz CT molecular complexity index is 379. The maximum atomic E-state index is 5.63. The van der Waals surface area contributed by atoms with E-state index in [1.54, 1.807) is 0 Å². The molecule has 1 aliphatic rings. The lowest BCUT2D eigenvalue weighted by atomic mass is 10.0. The van der Waals surface area contributed by atoms with Crippen LogP contribution in [0.15, 0.2) is 10.5 Å². The second-order valence-electron chi connectivity index (χ2n) is 3.54. The second kappa shape index (κ2) is 4.41. The SMILES string of the molecule is Cc1c(CCN)cc(Br)c2c1OCCO2. The summed E-state index contributed by atoms with van der Waals surface area (Å²) in [4.78, 5) is 0. The van der Waals surface area contributed by atoms with Crippen LogP contribution < -0.4 is 15.2 Å². The Morgan fingerprint density at radius 1 is 1.33 bits per heavy atom.